The Kier molecular flexibility index (Phi) is 4.79. The Morgan fingerprint density at radius 1 is 1.26 bits per heavy atom. The number of ether oxygens (including phenoxy) is 1. The van der Waals surface area contributed by atoms with Crippen molar-refractivity contribution >= 4 is 22.6 Å². The summed E-state index contributed by atoms with van der Waals surface area (Å²) >= 11 is 0. The highest BCUT2D eigenvalue weighted by Crippen LogP contribution is 2.24. The highest BCUT2D eigenvalue weighted by Gasteiger charge is 2.20. The lowest BCUT2D eigenvalue weighted by atomic mass is 10.1. The van der Waals surface area contributed by atoms with Gasteiger partial charge in [0.05, 0.1) is 29.9 Å². The van der Waals surface area contributed by atoms with E-state index in [9.17, 15) is 9.18 Å². The molecule has 1 aliphatic rings. The van der Waals surface area contributed by atoms with Crippen LogP contribution < -0.4 is 10.6 Å². The number of carbonyl (C=O) groups is 1. The van der Waals surface area contributed by atoms with Crippen molar-refractivity contribution in [1.29, 1.82) is 0 Å². The maximum atomic E-state index is 14.5. The first-order valence-electron chi connectivity index (χ1n) is 8.77. The van der Waals surface area contributed by atoms with Crippen LogP contribution in [0.4, 0.5) is 10.1 Å². The van der Waals surface area contributed by atoms with Gasteiger partial charge < -0.3 is 15.4 Å². The predicted octanol–water partition coefficient (Wildman–Crippen LogP) is 2.99. The third kappa shape index (κ3) is 3.79. The smallest absolute Gasteiger partial charge is 0.275 e. The molecule has 0 unspecified atom stereocenters. The summed E-state index contributed by atoms with van der Waals surface area (Å²) in [6, 6.07) is 10.3. The fourth-order valence-electron chi connectivity index (χ4n) is 3.06. The lowest BCUT2D eigenvalue weighted by Gasteiger charge is -2.24. The molecule has 2 aromatic carbocycles. The van der Waals surface area contributed by atoms with Crippen LogP contribution in [-0.2, 0) is 4.74 Å². The van der Waals surface area contributed by atoms with E-state index in [4.69, 9.17) is 4.74 Å². The molecule has 3 aromatic rings. The van der Waals surface area contributed by atoms with Gasteiger partial charge in [-0.05, 0) is 36.8 Å². The van der Waals surface area contributed by atoms with Crippen molar-refractivity contribution in [3.63, 3.8) is 0 Å². The van der Waals surface area contributed by atoms with Crippen molar-refractivity contribution in [2.45, 2.75) is 13.0 Å². The third-order valence-corrected chi connectivity index (χ3v) is 4.46. The number of aryl methyl sites for hydroxylation is 1. The van der Waals surface area contributed by atoms with Crippen LogP contribution in [0, 0.1) is 12.7 Å². The second-order valence-electron chi connectivity index (χ2n) is 6.50. The maximum Gasteiger partial charge on any atom is 0.275 e. The van der Waals surface area contributed by atoms with Crippen LogP contribution in [0.3, 0.4) is 0 Å². The summed E-state index contributed by atoms with van der Waals surface area (Å²) in [7, 11) is 0. The number of rotatable bonds is 3. The normalized spacial score (nSPS) is 17.0. The highest BCUT2D eigenvalue weighted by atomic mass is 19.1. The Morgan fingerprint density at radius 2 is 2.15 bits per heavy atom. The Hall–Kier alpha value is -2.90. The molecule has 6 nitrogen and oxygen atoms in total. The molecule has 1 saturated heterocycles. The second kappa shape index (κ2) is 7.38. The quantitative estimate of drug-likeness (QED) is 0.745. The van der Waals surface area contributed by atoms with E-state index in [0.717, 1.165) is 12.1 Å². The summed E-state index contributed by atoms with van der Waals surface area (Å²) in [6.07, 6.45) is 1.09. The average molecular weight is 366 g/mol. The number of hydrogen-bond acceptors (Lipinski definition) is 5. The van der Waals surface area contributed by atoms with Gasteiger partial charge in [0, 0.05) is 24.3 Å². The van der Waals surface area contributed by atoms with Crippen molar-refractivity contribution < 1.29 is 13.9 Å². The van der Waals surface area contributed by atoms with Crippen molar-refractivity contribution in [2.24, 2.45) is 0 Å². The van der Waals surface area contributed by atoms with E-state index in [-0.39, 0.29) is 11.8 Å². The maximum absolute atomic E-state index is 14.5. The molecule has 0 spiro atoms. The number of amides is 1. The molecule has 0 radical (unpaired) electrons. The zero-order valence-electron chi connectivity index (χ0n) is 14.8. The van der Waals surface area contributed by atoms with Gasteiger partial charge in [0.2, 0.25) is 0 Å². The summed E-state index contributed by atoms with van der Waals surface area (Å²) in [5, 5.41) is 5.84. The molecule has 0 saturated carbocycles. The summed E-state index contributed by atoms with van der Waals surface area (Å²) < 4.78 is 20.0. The number of hydrogen-bond donors (Lipinski definition) is 2. The minimum Gasteiger partial charge on any atom is -0.371 e. The molecule has 1 fully saturated rings. The van der Waals surface area contributed by atoms with E-state index in [2.05, 4.69) is 20.6 Å². The topological polar surface area (TPSA) is 76.1 Å². The van der Waals surface area contributed by atoms with Crippen LogP contribution in [0.15, 0.2) is 42.6 Å². The number of morpholine rings is 1. The van der Waals surface area contributed by atoms with Crippen LogP contribution in [-0.4, -0.2) is 35.6 Å². The van der Waals surface area contributed by atoms with Crippen molar-refractivity contribution in [1.82, 2.24) is 15.3 Å². The van der Waals surface area contributed by atoms with Crippen molar-refractivity contribution in [3.05, 3.63) is 65.2 Å². The number of nitrogens with one attached hydrogen (secondary N) is 2. The molecule has 7 heteroatoms. The summed E-state index contributed by atoms with van der Waals surface area (Å²) in [5.41, 5.74) is 3.40. The number of nitrogens with zero attached hydrogens (tertiary/aromatic N) is 2. The van der Waals surface area contributed by atoms with E-state index in [1.54, 1.807) is 12.1 Å². The van der Waals surface area contributed by atoms with Gasteiger partial charge in [-0.15, -0.1) is 0 Å². The van der Waals surface area contributed by atoms with Gasteiger partial charge in [0.15, 0.2) is 0 Å². The van der Waals surface area contributed by atoms with Gasteiger partial charge in [-0.25, -0.2) is 9.37 Å². The minimum absolute atomic E-state index is 0.178. The number of anilines is 1. The molecule has 27 heavy (non-hydrogen) atoms. The fraction of sp³-hybridized carbons (Fsp3) is 0.250. The molecule has 2 N–H and O–H groups in total. The molecule has 0 aliphatic carbocycles. The van der Waals surface area contributed by atoms with Gasteiger partial charge in [0.1, 0.15) is 11.5 Å². The minimum atomic E-state index is -0.436. The standard InChI is InChI=1S/C20H19FN4O2/c1-12-2-5-16-17(8-12)25-18(10-23-16)20(26)24-13-3-4-14(15(21)9-13)19-11-22-6-7-27-19/h2-5,8-10,19,22H,6-7,11H2,1H3,(H,24,26)/t19-/m1/s1. The predicted molar refractivity (Wildman–Crippen MR) is 100 cm³/mol. The zero-order chi connectivity index (χ0) is 18.8. The van der Waals surface area contributed by atoms with Gasteiger partial charge in [-0.2, -0.15) is 0 Å². The van der Waals surface area contributed by atoms with E-state index >= 15 is 0 Å². The monoisotopic (exact) mass is 366 g/mol. The number of fused-ring (bicyclic) bond motifs is 1. The molecular weight excluding hydrogens is 347 g/mol. The average Bonchev–Trinajstić information content (AvgIpc) is 2.68. The second-order valence-corrected chi connectivity index (χ2v) is 6.50. The summed E-state index contributed by atoms with van der Waals surface area (Å²) in [4.78, 5) is 21.1. The molecule has 138 valence electrons. The van der Waals surface area contributed by atoms with Crippen LogP contribution in [0.5, 0.6) is 0 Å². The molecule has 1 aromatic heterocycles. The SMILES string of the molecule is Cc1ccc2ncc(C(=O)Nc3ccc([C@H]4CNCCO4)c(F)c3)nc2c1. The first kappa shape index (κ1) is 17.5. The lowest BCUT2D eigenvalue weighted by molar-refractivity contribution is 0.0255. The van der Waals surface area contributed by atoms with Gasteiger partial charge in [-0.3, -0.25) is 9.78 Å². The van der Waals surface area contributed by atoms with Crippen LogP contribution >= 0.6 is 0 Å². The van der Waals surface area contributed by atoms with Gasteiger partial charge in [0.25, 0.3) is 5.91 Å². The molecule has 1 amide bonds. The number of halogens is 1. The summed E-state index contributed by atoms with van der Waals surface area (Å²) in [6.45, 7) is 3.82. The molecule has 1 atom stereocenters. The van der Waals surface area contributed by atoms with Crippen LogP contribution in [0.25, 0.3) is 11.0 Å². The largest absolute Gasteiger partial charge is 0.371 e. The van der Waals surface area contributed by atoms with E-state index in [1.165, 1.54) is 12.3 Å². The lowest BCUT2D eigenvalue weighted by Crippen LogP contribution is -2.33. The molecule has 4 rings (SSSR count). The molecule has 0 bridgehead atoms. The first-order valence-corrected chi connectivity index (χ1v) is 8.77. The first-order chi connectivity index (χ1) is 13.1. The van der Waals surface area contributed by atoms with E-state index in [1.807, 2.05) is 25.1 Å². The zero-order valence-corrected chi connectivity index (χ0v) is 14.8. The van der Waals surface area contributed by atoms with Gasteiger partial charge in [-0.1, -0.05) is 12.1 Å². The summed E-state index contributed by atoms with van der Waals surface area (Å²) in [5.74, 6) is -0.852. The third-order valence-electron chi connectivity index (χ3n) is 4.46. The van der Waals surface area contributed by atoms with Crippen molar-refractivity contribution in [2.75, 3.05) is 25.0 Å². The Labute approximate surface area is 155 Å². The number of benzene rings is 2. The van der Waals surface area contributed by atoms with Crippen molar-refractivity contribution in [3.8, 4) is 0 Å². The van der Waals surface area contributed by atoms with E-state index in [0.29, 0.717) is 35.4 Å². The number of carbonyl (C=O) groups excluding carboxylic acids is 1. The molecular formula is C20H19FN4O2. The Balaban J connectivity index is 1.53. The fourth-order valence-corrected chi connectivity index (χ4v) is 3.06. The Bertz CT molecular complexity index is 1000. The highest BCUT2D eigenvalue weighted by molar-refractivity contribution is 6.03. The van der Waals surface area contributed by atoms with Crippen LogP contribution in [0.1, 0.15) is 27.7 Å². The van der Waals surface area contributed by atoms with E-state index < -0.39 is 11.7 Å². The Morgan fingerprint density at radius 3 is 2.93 bits per heavy atom. The van der Waals surface area contributed by atoms with Crippen LogP contribution in [0.2, 0.25) is 0 Å². The molecule has 1 aliphatic heterocycles. The molecule has 2 heterocycles. The number of aromatic nitrogens is 2. The van der Waals surface area contributed by atoms with Gasteiger partial charge >= 0.3 is 0 Å².